The summed E-state index contributed by atoms with van der Waals surface area (Å²) in [6, 6.07) is 18.8. The molecule has 0 fully saturated rings. The third-order valence-corrected chi connectivity index (χ3v) is 4.99. The van der Waals surface area contributed by atoms with E-state index in [2.05, 4.69) is 59.3 Å². The number of para-hydroxylation sites is 1. The van der Waals surface area contributed by atoms with Gasteiger partial charge >= 0.3 is 0 Å². The molecule has 3 aromatic rings. The van der Waals surface area contributed by atoms with Crippen LogP contribution in [0.15, 0.2) is 65.7 Å². The van der Waals surface area contributed by atoms with Crippen molar-refractivity contribution in [2.45, 2.75) is 24.8 Å². The Kier molecular flexibility index (Phi) is 5.59. The average molecular weight is 338 g/mol. The number of benzene rings is 2. The van der Waals surface area contributed by atoms with E-state index in [0.29, 0.717) is 19.5 Å². The van der Waals surface area contributed by atoms with E-state index in [1.807, 2.05) is 18.3 Å². The van der Waals surface area contributed by atoms with Crippen molar-refractivity contribution >= 4 is 28.6 Å². The second-order valence-corrected chi connectivity index (χ2v) is 7.00. The minimum Gasteiger partial charge on any atom is -0.355 e. The Hall–Kier alpha value is -2.20. The van der Waals surface area contributed by atoms with Crippen LogP contribution in [0.3, 0.4) is 0 Å². The Balaban J connectivity index is 1.39. The van der Waals surface area contributed by atoms with Gasteiger partial charge in [0.15, 0.2) is 0 Å². The summed E-state index contributed by atoms with van der Waals surface area (Å²) in [4.78, 5) is 13.2. The first kappa shape index (κ1) is 16.7. The maximum absolute atomic E-state index is 12.0. The predicted molar refractivity (Wildman–Crippen MR) is 101 cm³/mol. The monoisotopic (exact) mass is 338 g/mol. The number of fused-ring (bicyclic) bond motifs is 1. The zero-order valence-electron chi connectivity index (χ0n) is 13.9. The molecule has 1 heterocycles. The fraction of sp³-hybridized carbons (Fsp3) is 0.250. The molecule has 0 aliphatic heterocycles. The lowest BCUT2D eigenvalue weighted by Crippen LogP contribution is -2.26. The second kappa shape index (κ2) is 8.06. The lowest BCUT2D eigenvalue weighted by atomic mass is 10.2. The van der Waals surface area contributed by atoms with E-state index in [4.69, 9.17) is 0 Å². The van der Waals surface area contributed by atoms with Gasteiger partial charge in [-0.25, -0.2) is 0 Å². The van der Waals surface area contributed by atoms with Gasteiger partial charge in [-0.2, -0.15) is 0 Å². The van der Waals surface area contributed by atoms with Crippen LogP contribution in [0.4, 0.5) is 0 Å². The maximum Gasteiger partial charge on any atom is 0.221 e. The van der Waals surface area contributed by atoms with Crippen LogP contribution in [0.25, 0.3) is 10.9 Å². The lowest BCUT2D eigenvalue weighted by Gasteiger charge is -2.07. The van der Waals surface area contributed by atoms with Crippen molar-refractivity contribution in [1.29, 1.82) is 0 Å². The number of aryl methyl sites for hydroxylation is 2. The molecule has 0 radical (unpaired) electrons. The van der Waals surface area contributed by atoms with Crippen LogP contribution in [0.1, 0.15) is 12.0 Å². The molecular weight excluding hydrogens is 316 g/mol. The van der Waals surface area contributed by atoms with Crippen molar-refractivity contribution < 1.29 is 4.79 Å². The summed E-state index contributed by atoms with van der Waals surface area (Å²) in [6.45, 7) is 3.50. The summed E-state index contributed by atoms with van der Waals surface area (Å²) >= 11 is 1.77. The number of nitrogens with zero attached hydrogens (tertiary/aromatic N) is 1. The van der Waals surface area contributed by atoms with Gasteiger partial charge < -0.3 is 9.88 Å². The molecule has 4 heteroatoms. The quantitative estimate of drug-likeness (QED) is 0.516. The summed E-state index contributed by atoms with van der Waals surface area (Å²) in [5.41, 5.74) is 2.45. The number of aromatic nitrogens is 1. The van der Waals surface area contributed by atoms with E-state index >= 15 is 0 Å². The Morgan fingerprint density at radius 1 is 1.08 bits per heavy atom. The topological polar surface area (TPSA) is 34.0 Å². The Morgan fingerprint density at radius 3 is 2.71 bits per heavy atom. The highest BCUT2D eigenvalue weighted by Gasteiger charge is 2.04. The molecule has 0 atom stereocenters. The second-order valence-electron chi connectivity index (χ2n) is 5.83. The molecule has 0 aliphatic carbocycles. The lowest BCUT2D eigenvalue weighted by molar-refractivity contribution is -0.121. The zero-order valence-corrected chi connectivity index (χ0v) is 14.7. The zero-order chi connectivity index (χ0) is 16.8. The number of hydrogen-bond donors (Lipinski definition) is 1. The molecular formula is C20H22N2OS. The van der Waals surface area contributed by atoms with E-state index < -0.39 is 0 Å². The number of hydrogen-bond acceptors (Lipinski definition) is 2. The molecule has 0 saturated carbocycles. The fourth-order valence-corrected chi connectivity index (χ4v) is 3.41. The van der Waals surface area contributed by atoms with Crippen LogP contribution >= 0.6 is 11.8 Å². The molecule has 1 aromatic heterocycles. The summed E-state index contributed by atoms with van der Waals surface area (Å²) in [6.07, 6.45) is 2.55. The van der Waals surface area contributed by atoms with Crippen LogP contribution < -0.4 is 5.32 Å². The van der Waals surface area contributed by atoms with E-state index in [9.17, 15) is 4.79 Å². The first-order valence-corrected chi connectivity index (χ1v) is 9.21. The van der Waals surface area contributed by atoms with Gasteiger partial charge in [0.1, 0.15) is 0 Å². The van der Waals surface area contributed by atoms with Crippen molar-refractivity contribution in [1.82, 2.24) is 9.88 Å². The molecule has 0 spiro atoms. The van der Waals surface area contributed by atoms with Crippen molar-refractivity contribution in [3.8, 4) is 0 Å². The van der Waals surface area contributed by atoms with Gasteiger partial charge in [-0.1, -0.05) is 35.9 Å². The Labute approximate surface area is 147 Å². The summed E-state index contributed by atoms with van der Waals surface area (Å²) in [5.74, 6) is 0.999. The van der Waals surface area contributed by atoms with Crippen molar-refractivity contribution in [3.63, 3.8) is 0 Å². The van der Waals surface area contributed by atoms with Gasteiger partial charge in [0.05, 0.1) is 0 Å². The maximum atomic E-state index is 12.0. The van der Waals surface area contributed by atoms with Gasteiger partial charge in [0.25, 0.3) is 0 Å². The number of carbonyl (C=O) groups is 1. The highest BCUT2D eigenvalue weighted by molar-refractivity contribution is 7.99. The number of rotatable bonds is 7. The minimum absolute atomic E-state index is 0.109. The summed E-state index contributed by atoms with van der Waals surface area (Å²) in [7, 11) is 0. The molecule has 2 aromatic carbocycles. The van der Waals surface area contributed by atoms with Gasteiger partial charge in [0.2, 0.25) is 5.91 Å². The van der Waals surface area contributed by atoms with Crippen molar-refractivity contribution in [3.05, 3.63) is 66.4 Å². The molecule has 0 saturated heterocycles. The van der Waals surface area contributed by atoms with Gasteiger partial charge in [-0.15, -0.1) is 11.8 Å². The molecule has 0 unspecified atom stereocenters. The van der Waals surface area contributed by atoms with E-state index in [1.165, 1.54) is 21.4 Å². The summed E-state index contributed by atoms with van der Waals surface area (Å²) in [5, 5.41) is 4.22. The molecule has 3 rings (SSSR count). The number of amides is 1. The number of nitrogens with one attached hydrogen (secondary N) is 1. The number of carbonyl (C=O) groups excluding carboxylic acids is 1. The Morgan fingerprint density at radius 2 is 1.88 bits per heavy atom. The van der Waals surface area contributed by atoms with E-state index in [-0.39, 0.29) is 5.91 Å². The van der Waals surface area contributed by atoms with Crippen LogP contribution in [0.5, 0.6) is 0 Å². The molecule has 0 bridgehead atoms. The van der Waals surface area contributed by atoms with Gasteiger partial charge in [-0.05, 0) is 36.6 Å². The highest BCUT2D eigenvalue weighted by Crippen LogP contribution is 2.17. The first-order chi connectivity index (χ1) is 11.7. The Bertz CT molecular complexity index is 808. The molecule has 1 amide bonds. The third-order valence-electron chi connectivity index (χ3n) is 3.97. The standard InChI is InChI=1S/C20H22N2OS/c1-16-6-8-18(9-7-16)24-15-12-21-20(23)11-14-22-13-10-17-4-2-3-5-19(17)22/h2-10,13H,11-12,14-15H2,1H3,(H,21,23). The van der Waals surface area contributed by atoms with Crippen LogP contribution in [-0.4, -0.2) is 22.8 Å². The van der Waals surface area contributed by atoms with Crippen LogP contribution in [0.2, 0.25) is 0 Å². The van der Waals surface area contributed by atoms with Crippen LogP contribution in [0, 0.1) is 6.92 Å². The average Bonchev–Trinajstić information content (AvgIpc) is 3.02. The minimum atomic E-state index is 0.109. The molecule has 0 aliphatic rings. The van der Waals surface area contributed by atoms with Crippen molar-refractivity contribution in [2.75, 3.05) is 12.3 Å². The normalized spacial score (nSPS) is 10.9. The summed E-state index contributed by atoms with van der Waals surface area (Å²) < 4.78 is 2.13. The van der Waals surface area contributed by atoms with Crippen LogP contribution in [-0.2, 0) is 11.3 Å². The fourth-order valence-electron chi connectivity index (χ4n) is 2.64. The molecule has 3 nitrogen and oxygen atoms in total. The molecule has 24 heavy (non-hydrogen) atoms. The molecule has 124 valence electrons. The predicted octanol–water partition coefficient (Wildman–Crippen LogP) is 4.25. The van der Waals surface area contributed by atoms with Crippen molar-refractivity contribution in [2.24, 2.45) is 0 Å². The smallest absolute Gasteiger partial charge is 0.221 e. The van der Waals surface area contributed by atoms with Gasteiger partial charge in [0, 0.05) is 41.9 Å². The largest absolute Gasteiger partial charge is 0.355 e. The first-order valence-electron chi connectivity index (χ1n) is 8.22. The van der Waals surface area contributed by atoms with E-state index in [0.717, 1.165) is 5.75 Å². The SMILES string of the molecule is Cc1ccc(SCCNC(=O)CCn2ccc3ccccc32)cc1. The number of thioether (sulfide) groups is 1. The molecule has 1 N–H and O–H groups in total. The third kappa shape index (κ3) is 4.42. The highest BCUT2D eigenvalue weighted by atomic mass is 32.2. The van der Waals surface area contributed by atoms with Gasteiger partial charge in [-0.3, -0.25) is 4.79 Å². The van der Waals surface area contributed by atoms with E-state index in [1.54, 1.807) is 11.8 Å².